The summed E-state index contributed by atoms with van der Waals surface area (Å²) in [5, 5.41) is 10.1. The first-order chi connectivity index (χ1) is 9.04. The Balaban J connectivity index is 1.73. The normalized spacial score (nSPS) is 30.8. The number of fused-ring (bicyclic) bond motifs is 2. The van der Waals surface area contributed by atoms with Crippen molar-refractivity contribution in [3.8, 4) is 0 Å². The molecule has 0 aromatic heterocycles. The molecule has 0 heterocycles. The van der Waals surface area contributed by atoms with Gasteiger partial charge in [-0.25, -0.2) is 13.2 Å². The second-order valence-corrected chi connectivity index (χ2v) is 5.97. The molecule has 3 rings (SSSR count). The summed E-state index contributed by atoms with van der Waals surface area (Å²) < 4.78 is 39.6. The van der Waals surface area contributed by atoms with E-state index in [0.29, 0.717) is 24.3 Å². The highest BCUT2D eigenvalue weighted by Crippen LogP contribution is 2.51. The predicted octanol–water partition coefficient (Wildman–Crippen LogP) is 3.96. The molecule has 1 aromatic carbocycles. The van der Waals surface area contributed by atoms with Crippen LogP contribution in [0.3, 0.4) is 0 Å². The summed E-state index contributed by atoms with van der Waals surface area (Å²) in [5.74, 6) is -1.43. The minimum Gasteiger partial charge on any atom is -0.388 e. The predicted molar refractivity (Wildman–Crippen MR) is 64.8 cm³/mol. The lowest BCUT2D eigenvalue weighted by atomic mass is 9.83. The Morgan fingerprint density at radius 1 is 1.05 bits per heavy atom. The lowest BCUT2D eigenvalue weighted by Crippen LogP contribution is -2.15. The van der Waals surface area contributed by atoms with Crippen LogP contribution in [0.4, 0.5) is 13.2 Å². The van der Waals surface area contributed by atoms with E-state index in [0.717, 1.165) is 18.4 Å². The minimum atomic E-state index is -1.21. The average molecular weight is 270 g/mol. The third-order valence-corrected chi connectivity index (χ3v) is 4.81. The molecule has 0 amide bonds. The van der Waals surface area contributed by atoms with Gasteiger partial charge in [-0.15, -0.1) is 0 Å². The summed E-state index contributed by atoms with van der Waals surface area (Å²) in [7, 11) is 0. The molecule has 104 valence electrons. The van der Waals surface area contributed by atoms with Crippen molar-refractivity contribution >= 4 is 0 Å². The third-order valence-electron chi connectivity index (χ3n) is 4.81. The van der Waals surface area contributed by atoms with E-state index in [1.807, 2.05) is 0 Å². The molecule has 0 aliphatic heterocycles. The lowest BCUT2D eigenvalue weighted by Gasteiger charge is -2.24. The first-order valence-electron chi connectivity index (χ1n) is 6.87. The second-order valence-electron chi connectivity index (χ2n) is 5.97. The third kappa shape index (κ3) is 2.38. The van der Waals surface area contributed by atoms with E-state index in [1.165, 1.54) is 19.3 Å². The van der Waals surface area contributed by atoms with Gasteiger partial charge < -0.3 is 5.11 Å². The molecule has 0 radical (unpaired) electrons. The van der Waals surface area contributed by atoms with E-state index in [-0.39, 0.29) is 5.56 Å². The topological polar surface area (TPSA) is 20.2 Å². The monoisotopic (exact) mass is 270 g/mol. The van der Waals surface area contributed by atoms with Crippen LogP contribution >= 0.6 is 0 Å². The maximum absolute atomic E-state index is 13.6. The Bertz CT molecular complexity index is 489. The van der Waals surface area contributed by atoms with Crippen molar-refractivity contribution in [2.24, 2.45) is 17.8 Å². The van der Waals surface area contributed by atoms with Crippen molar-refractivity contribution in [2.45, 2.75) is 38.2 Å². The molecule has 2 fully saturated rings. The molecule has 0 saturated heterocycles. The van der Waals surface area contributed by atoms with Crippen LogP contribution in [0, 0.1) is 35.2 Å². The summed E-state index contributed by atoms with van der Waals surface area (Å²) in [6.45, 7) is 0. The molecule has 4 unspecified atom stereocenters. The molecule has 1 N–H and O–H groups in total. The van der Waals surface area contributed by atoms with Gasteiger partial charge in [-0.3, -0.25) is 0 Å². The fraction of sp³-hybridized carbons (Fsp3) is 0.600. The van der Waals surface area contributed by atoms with Crippen molar-refractivity contribution in [3.05, 3.63) is 35.1 Å². The Hall–Kier alpha value is -1.03. The van der Waals surface area contributed by atoms with E-state index < -0.39 is 23.6 Å². The van der Waals surface area contributed by atoms with Crippen LogP contribution in [0.5, 0.6) is 0 Å². The van der Waals surface area contributed by atoms with Crippen LogP contribution in [-0.4, -0.2) is 5.11 Å². The molecule has 1 nitrogen and oxygen atoms in total. The van der Waals surface area contributed by atoms with Gasteiger partial charge in [-0.1, -0.05) is 6.42 Å². The largest absolute Gasteiger partial charge is 0.388 e. The Morgan fingerprint density at radius 2 is 1.79 bits per heavy atom. The van der Waals surface area contributed by atoms with E-state index in [1.54, 1.807) is 0 Å². The molecule has 2 aliphatic carbocycles. The maximum atomic E-state index is 13.6. The summed E-state index contributed by atoms with van der Waals surface area (Å²) >= 11 is 0. The zero-order valence-corrected chi connectivity index (χ0v) is 10.6. The van der Waals surface area contributed by atoms with E-state index in [4.69, 9.17) is 0 Å². The quantitative estimate of drug-likeness (QED) is 0.824. The molecule has 4 heteroatoms. The number of aliphatic hydroxyl groups excluding tert-OH is 1. The fourth-order valence-electron chi connectivity index (χ4n) is 3.87. The molecule has 2 bridgehead atoms. The van der Waals surface area contributed by atoms with Gasteiger partial charge in [0.1, 0.15) is 5.82 Å². The standard InChI is InChI=1S/C15H17F3O/c16-12-7-14(18)13(17)6-11(12)15(19)5-10-4-8-1-2-9(10)3-8/h6-10,15,19H,1-5H2. The van der Waals surface area contributed by atoms with Crippen LogP contribution in [0.25, 0.3) is 0 Å². The van der Waals surface area contributed by atoms with Gasteiger partial charge in [-0.2, -0.15) is 0 Å². The highest BCUT2D eigenvalue weighted by molar-refractivity contribution is 5.22. The maximum Gasteiger partial charge on any atom is 0.161 e. The van der Waals surface area contributed by atoms with Gasteiger partial charge in [0.05, 0.1) is 6.10 Å². The number of halogens is 3. The number of benzene rings is 1. The highest BCUT2D eigenvalue weighted by Gasteiger charge is 2.40. The van der Waals surface area contributed by atoms with Crippen molar-refractivity contribution in [1.29, 1.82) is 0 Å². The van der Waals surface area contributed by atoms with Crippen LogP contribution in [0.2, 0.25) is 0 Å². The molecule has 0 spiro atoms. The van der Waals surface area contributed by atoms with Gasteiger partial charge in [0, 0.05) is 11.6 Å². The number of hydrogen-bond acceptors (Lipinski definition) is 1. The van der Waals surface area contributed by atoms with Crippen LogP contribution < -0.4 is 0 Å². The number of rotatable bonds is 3. The summed E-state index contributed by atoms with van der Waals surface area (Å²) in [6, 6.07) is 1.29. The molecule has 2 saturated carbocycles. The molecular formula is C15H17F3O. The fourth-order valence-corrected chi connectivity index (χ4v) is 3.87. The Labute approximate surface area is 110 Å². The molecule has 1 aromatic rings. The summed E-state index contributed by atoms with van der Waals surface area (Å²) in [6.07, 6.45) is 4.13. The summed E-state index contributed by atoms with van der Waals surface area (Å²) in [5.41, 5.74) is -0.123. The SMILES string of the molecule is OC(CC1CC2CCC1C2)c1cc(F)c(F)cc1F. The van der Waals surface area contributed by atoms with Gasteiger partial charge in [-0.05, 0) is 49.5 Å². The lowest BCUT2D eigenvalue weighted by molar-refractivity contribution is 0.121. The van der Waals surface area contributed by atoms with Crippen molar-refractivity contribution in [1.82, 2.24) is 0 Å². The first-order valence-corrected chi connectivity index (χ1v) is 6.87. The minimum absolute atomic E-state index is 0.123. The first kappa shape index (κ1) is 13.0. The van der Waals surface area contributed by atoms with Gasteiger partial charge >= 0.3 is 0 Å². The van der Waals surface area contributed by atoms with Crippen molar-refractivity contribution in [2.75, 3.05) is 0 Å². The van der Waals surface area contributed by atoms with Gasteiger partial charge in [0.15, 0.2) is 11.6 Å². The van der Waals surface area contributed by atoms with Crippen LogP contribution in [0.1, 0.15) is 43.8 Å². The summed E-state index contributed by atoms with van der Waals surface area (Å²) in [4.78, 5) is 0. The highest BCUT2D eigenvalue weighted by atomic mass is 19.2. The van der Waals surface area contributed by atoms with E-state index in [9.17, 15) is 18.3 Å². The zero-order chi connectivity index (χ0) is 13.6. The van der Waals surface area contributed by atoms with Crippen molar-refractivity contribution < 1.29 is 18.3 Å². The molecule has 2 aliphatic rings. The van der Waals surface area contributed by atoms with E-state index in [2.05, 4.69) is 0 Å². The molecule has 19 heavy (non-hydrogen) atoms. The van der Waals surface area contributed by atoms with Crippen LogP contribution in [-0.2, 0) is 0 Å². The second kappa shape index (κ2) is 4.82. The molecule has 4 atom stereocenters. The van der Waals surface area contributed by atoms with E-state index >= 15 is 0 Å². The zero-order valence-electron chi connectivity index (χ0n) is 10.6. The Kier molecular flexibility index (Phi) is 3.29. The number of hydrogen-bond donors (Lipinski definition) is 1. The van der Waals surface area contributed by atoms with Gasteiger partial charge in [0.2, 0.25) is 0 Å². The van der Waals surface area contributed by atoms with Crippen molar-refractivity contribution in [3.63, 3.8) is 0 Å². The van der Waals surface area contributed by atoms with Gasteiger partial charge in [0.25, 0.3) is 0 Å². The molecular weight excluding hydrogens is 253 g/mol. The van der Waals surface area contributed by atoms with Crippen LogP contribution in [0.15, 0.2) is 12.1 Å². The smallest absolute Gasteiger partial charge is 0.161 e. The number of aliphatic hydroxyl groups is 1. The Morgan fingerprint density at radius 3 is 2.42 bits per heavy atom. The average Bonchev–Trinajstić information content (AvgIpc) is 2.95.